The van der Waals surface area contributed by atoms with Gasteiger partial charge >= 0.3 is 0 Å². The fraction of sp³-hybridized carbons (Fsp3) is 0.0833. The predicted octanol–water partition coefficient (Wildman–Crippen LogP) is 1.83. The Morgan fingerprint density at radius 1 is 1.44 bits per heavy atom. The molecule has 0 bridgehead atoms. The van der Waals surface area contributed by atoms with Gasteiger partial charge in [0.1, 0.15) is 4.99 Å². The zero-order chi connectivity index (χ0) is 13.3. The van der Waals surface area contributed by atoms with Crippen LogP contribution in [-0.2, 0) is 0 Å². The Kier molecular flexibility index (Phi) is 3.45. The van der Waals surface area contributed by atoms with E-state index in [4.69, 9.17) is 29.6 Å². The molecule has 1 heterocycles. The van der Waals surface area contributed by atoms with Gasteiger partial charge in [-0.1, -0.05) is 36.0 Å². The maximum absolute atomic E-state index is 11.7. The second-order valence-corrected chi connectivity index (χ2v) is 4.57. The van der Waals surface area contributed by atoms with Crippen molar-refractivity contribution in [2.45, 2.75) is 6.92 Å². The van der Waals surface area contributed by atoms with E-state index >= 15 is 0 Å². The number of rotatable bonds is 2. The number of benzene rings is 1. The third-order valence-corrected chi connectivity index (χ3v) is 2.93. The van der Waals surface area contributed by atoms with E-state index in [0.29, 0.717) is 16.4 Å². The zero-order valence-electron chi connectivity index (χ0n) is 9.55. The maximum Gasteiger partial charge on any atom is 0.210 e. The molecule has 2 N–H and O–H groups in total. The van der Waals surface area contributed by atoms with E-state index in [1.165, 1.54) is 6.07 Å². The van der Waals surface area contributed by atoms with Gasteiger partial charge < -0.3 is 5.73 Å². The lowest BCUT2D eigenvalue weighted by atomic mass is 10.3. The van der Waals surface area contributed by atoms with Gasteiger partial charge in [0, 0.05) is 11.8 Å². The Morgan fingerprint density at radius 3 is 2.72 bits per heavy atom. The summed E-state index contributed by atoms with van der Waals surface area (Å²) in [7, 11) is 0. The van der Waals surface area contributed by atoms with Gasteiger partial charge in [0.15, 0.2) is 5.69 Å². The molecule has 92 valence electrons. The number of hydrogen-bond donors (Lipinski definition) is 1. The Labute approximate surface area is 114 Å². The van der Waals surface area contributed by atoms with E-state index in [9.17, 15) is 4.79 Å². The summed E-state index contributed by atoms with van der Waals surface area (Å²) in [5, 5.41) is 4.69. The minimum atomic E-state index is -0.289. The number of aromatic nitrogens is 2. The lowest BCUT2D eigenvalue weighted by Crippen LogP contribution is -2.26. The van der Waals surface area contributed by atoms with Gasteiger partial charge in [-0.2, -0.15) is 5.10 Å². The molecule has 0 saturated carbocycles. The highest BCUT2D eigenvalue weighted by molar-refractivity contribution is 7.80. The lowest BCUT2D eigenvalue weighted by molar-refractivity contribution is 0.794. The molecule has 0 radical (unpaired) electrons. The normalized spacial score (nSPS) is 10.3. The van der Waals surface area contributed by atoms with Crippen molar-refractivity contribution >= 4 is 28.8 Å². The summed E-state index contributed by atoms with van der Waals surface area (Å²) in [6.07, 6.45) is 0. The van der Waals surface area contributed by atoms with Crippen LogP contribution < -0.4 is 11.2 Å². The van der Waals surface area contributed by atoms with Crippen LogP contribution in [0.4, 0.5) is 0 Å². The fourth-order valence-electron chi connectivity index (χ4n) is 1.59. The summed E-state index contributed by atoms with van der Waals surface area (Å²) in [5.74, 6) is 0. The van der Waals surface area contributed by atoms with Crippen LogP contribution in [-0.4, -0.2) is 14.8 Å². The van der Waals surface area contributed by atoms with Crippen molar-refractivity contribution in [3.05, 3.63) is 57.0 Å². The number of hydrogen-bond acceptors (Lipinski definition) is 3. The van der Waals surface area contributed by atoms with E-state index in [1.54, 1.807) is 23.7 Å². The Hall–Kier alpha value is -1.72. The van der Waals surface area contributed by atoms with Crippen LogP contribution >= 0.6 is 23.8 Å². The second-order valence-electron chi connectivity index (χ2n) is 3.73. The van der Waals surface area contributed by atoms with Crippen LogP contribution in [0.1, 0.15) is 11.4 Å². The van der Waals surface area contributed by atoms with Gasteiger partial charge in [-0.3, -0.25) is 4.79 Å². The van der Waals surface area contributed by atoms with E-state index in [-0.39, 0.29) is 16.1 Å². The average Bonchev–Trinajstić information content (AvgIpc) is 2.30. The summed E-state index contributed by atoms with van der Waals surface area (Å²) >= 11 is 10.9. The van der Waals surface area contributed by atoms with Crippen molar-refractivity contribution in [1.82, 2.24) is 9.78 Å². The largest absolute Gasteiger partial charge is 0.388 e. The van der Waals surface area contributed by atoms with Crippen molar-refractivity contribution in [2.24, 2.45) is 5.73 Å². The van der Waals surface area contributed by atoms with E-state index in [1.807, 2.05) is 12.1 Å². The Bertz CT molecular complexity index is 681. The molecule has 18 heavy (non-hydrogen) atoms. The van der Waals surface area contributed by atoms with Gasteiger partial charge in [0.05, 0.1) is 10.7 Å². The molecule has 2 aromatic rings. The molecule has 6 heteroatoms. The summed E-state index contributed by atoms with van der Waals surface area (Å²) < 4.78 is 1.55. The molecule has 1 aromatic carbocycles. The second kappa shape index (κ2) is 4.88. The monoisotopic (exact) mass is 279 g/mol. The van der Waals surface area contributed by atoms with Crippen LogP contribution in [0, 0.1) is 6.92 Å². The Balaban J connectivity index is 2.73. The SMILES string of the molecule is Cc1cc(=O)c(C(N)=S)nn1-c1ccccc1Cl. The molecule has 0 fully saturated rings. The highest BCUT2D eigenvalue weighted by atomic mass is 35.5. The number of thiocarbonyl (C=S) groups is 1. The number of aryl methyl sites for hydroxylation is 1. The molecule has 0 spiro atoms. The summed E-state index contributed by atoms with van der Waals surface area (Å²) in [5.41, 5.74) is 6.58. The molecular formula is C12H10ClN3OS. The maximum atomic E-state index is 11.7. The van der Waals surface area contributed by atoms with Gasteiger partial charge in [0.2, 0.25) is 5.43 Å². The van der Waals surface area contributed by atoms with Crippen molar-refractivity contribution in [2.75, 3.05) is 0 Å². The predicted molar refractivity (Wildman–Crippen MR) is 75.5 cm³/mol. The number of nitrogens with two attached hydrogens (primary N) is 1. The van der Waals surface area contributed by atoms with Gasteiger partial charge in [-0.05, 0) is 19.1 Å². The number of halogens is 1. The molecule has 0 amide bonds. The van der Waals surface area contributed by atoms with Crippen LogP contribution in [0.15, 0.2) is 35.1 Å². The van der Waals surface area contributed by atoms with Crippen LogP contribution in [0.25, 0.3) is 5.69 Å². The van der Waals surface area contributed by atoms with Gasteiger partial charge in [-0.15, -0.1) is 0 Å². The summed E-state index contributed by atoms with van der Waals surface area (Å²) in [4.78, 5) is 11.6. The first-order valence-electron chi connectivity index (χ1n) is 5.16. The van der Waals surface area contributed by atoms with E-state index in [0.717, 1.165) is 0 Å². The van der Waals surface area contributed by atoms with Crippen molar-refractivity contribution < 1.29 is 0 Å². The first kappa shape index (κ1) is 12.7. The smallest absolute Gasteiger partial charge is 0.210 e. The average molecular weight is 280 g/mol. The highest BCUT2D eigenvalue weighted by Gasteiger charge is 2.11. The fourth-order valence-corrected chi connectivity index (χ4v) is 1.94. The number of nitrogens with zero attached hydrogens (tertiary/aromatic N) is 2. The minimum absolute atomic E-state index is 0.0270. The number of para-hydroxylation sites is 1. The standard InChI is InChI=1S/C12H10ClN3OS/c1-7-6-10(17)11(12(14)18)15-16(7)9-5-3-2-4-8(9)13/h2-6H,1H3,(H2,14,18). The van der Waals surface area contributed by atoms with Crippen molar-refractivity contribution in [3.8, 4) is 5.69 Å². The zero-order valence-corrected chi connectivity index (χ0v) is 11.1. The molecule has 4 nitrogen and oxygen atoms in total. The minimum Gasteiger partial charge on any atom is -0.388 e. The molecular weight excluding hydrogens is 270 g/mol. The summed E-state index contributed by atoms with van der Waals surface area (Å²) in [6, 6.07) is 8.64. The molecule has 0 aliphatic carbocycles. The molecule has 0 saturated heterocycles. The first-order chi connectivity index (χ1) is 8.50. The van der Waals surface area contributed by atoms with Crippen molar-refractivity contribution in [3.63, 3.8) is 0 Å². The highest BCUT2D eigenvalue weighted by Crippen LogP contribution is 2.19. The molecule has 0 atom stereocenters. The van der Waals surface area contributed by atoms with Crippen LogP contribution in [0.5, 0.6) is 0 Å². The molecule has 0 unspecified atom stereocenters. The molecule has 0 aliphatic rings. The van der Waals surface area contributed by atoms with Crippen molar-refractivity contribution in [1.29, 1.82) is 0 Å². The third kappa shape index (κ3) is 2.27. The Morgan fingerprint density at radius 2 is 2.11 bits per heavy atom. The topological polar surface area (TPSA) is 60.9 Å². The van der Waals surface area contributed by atoms with Gasteiger partial charge in [0.25, 0.3) is 0 Å². The molecule has 1 aromatic heterocycles. The van der Waals surface area contributed by atoms with E-state index < -0.39 is 0 Å². The van der Waals surface area contributed by atoms with E-state index in [2.05, 4.69) is 5.10 Å². The lowest BCUT2D eigenvalue weighted by Gasteiger charge is -2.11. The van der Waals surface area contributed by atoms with Crippen LogP contribution in [0.3, 0.4) is 0 Å². The van der Waals surface area contributed by atoms with Crippen LogP contribution in [0.2, 0.25) is 5.02 Å². The van der Waals surface area contributed by atoms with Gasteiger partial charge in [-0.25, -0.2) is 4.68 Å². The third-order valence-electron chi connectivity index (χ3n) is 2.42. The first-order valence-corrected chi connectivity index (χ1v) is 5.95. The molecule has 2 rings (SSSR count). The quantitative estimate of drug-likeness (QED) is 0.852. The molecule has 0 aliphatic heterocycles. The summed E-state index contributed by atoms with van der Waals surface area (Å²) in [6.45, 7) is 1.76.